The van der Waals surface area contributed by atoms with Crippen molar-refractivity contribution in [2.24, 2.45) is 0 Å². The Hall–Kier alpha value is -2.90. The Balaban J connectivity index is 1.55. The summed E-state index contributed by atoms with van der Waals surface area (Å²) in [5, 5.41) is 0.389. The average molecular weight is 414 g/mol. The molecular formula is C21H20ClN3O4. The zero-order valence-corrected chi connectivity index (χ0v) is 16.4. The molecule has 1 aromatic carbocycles. The van der Waals surface area contributed by atoms with E-state index in [-0.39, 0.29) is 18.4 Å². The minimum atomic E-state index is -0.752. The Morgan fingerprint density at radius 3 is 2.69 bits per heavy atom. The molecule has 1 saturated heterocycles. The summed E-state index contributed by atoms with van der Waals surface area (Å²) in [6.07, 6.45) is 3.97. The summed E-state index contributed by atoms with van der Waals surface area (Å²) in [6.45, 7) is 2.22. The number of anilines is 1. The minimum absolute atomic E-state index is 0.133. The Kier molecular flexibility index (Phi) is 5.78. The molecule has 0 saturated carbocycles. The number of carbonyl (C=O) groups is 2. The molecule has 3 heterocycles. The van der Waals surface area contributed by atoms with Gasteiger partial charge in [0.1, 0.15) is 10.9 Å². The monoisotopic (exact) mass is 413 g/mol. The number of para-hydroxylation sites is 2. The van der Waals surface area contributed by atoms with E-state index in [0.717, 1.165) is 5.56 Å². The van der Waals surface area contributed by atoms with Crippen LogP contribution in [0.15, 0.2) is 48.7 Å². The number of hydrogen-bond acceptors (Lipinski definition) is 5. The van der Waals surface area contributed by atoms with E-state index in [0.29, 0.717) is 42.9 Å². The Morgan fingerprint density at radius 1 is 1.14 bits per heavy atom. The van der Waals surface area contributed by atoms with Crippen LogP contribution in [-0.4, -0.2) is 60.7 Å². The first-order valence-electron chi connectivity index (χ1n) is 9.35. The molecule has 1 unspecified atom stereocenters. The lowest BCUT2D eigenvalue weighted by Gasteiger charge is -2.37. The number of benzene rings is 1. The quantitative estimate of drug-likeness (QED) is 0.570. The lowest BCUT2D eigenvalue weighted by Crippen LogP contribution is -2.53. The van der Waals surface area contributed by atoms with Crippen LogP contribution in [0.4, 0.5) is 5.69 Å². The van der Waals surface area contributed by atoms with Gasteiger partial charge in [-0.15, -0.1) is 0 Å². The lowest BCUT2D eigenvalue weighted by atomic mass is 10.1. The molecule has 0 N–H and O–H groups in total. The Bertz CT molecular complexity index is 926. The lowest BCUT2D eigenvalue weighted by molar-refractivity contribution is -0.142. The van der Waals surface area contributed by atoms with Crippen LogP contribution in [0.1, 0.15) is 5.56 Å². The molecular weight excluding hydrogens is 394 g/mol. The van der Waals surface area contributed by atoms with Gasteiger partial charge in [-0.3, -0.25) is 9.59 Å². The van der Waals surface area contributed by atoms with Gasteiger partial charge in [-0.1, -0.05) is 29.8 Å². The molecule has 8 heteroatoms. The number of aromatic nitrogens is 1. The van der Waals surface area contributed by atoms with Gasteiger partial charge in [0, 0.05) is 25.4 Å². The van der Waals surface area contributed by atoms with Crippen molar-refractivity contribution >= 4 is 35.2 Å². The van der Waals surface area contributed by atoms with Crippen LogP contribution < -0.4 is 9.64 Å². The van der Waals surface area contributed by atoms with Crippen molar-refractivity contribution in [1.82, 2.24) is 9.88 Å². The number of carbonyl (C=O) groups excluding carboxylic acids is 2. The van der Waals surface area contributed by atoms with Crippen LogP contribution in [0.3, 0.4) is 0 Å². The second-order valence-corrected chi connectivity index (χ2v) is 7.10. The Morgan fingerprint density at radius 2 is 1.93 bits per heavy atom. The van der Waals surface area contributed by atoms with E-state index in [2.05, 4.69) is 4.98 Å². The summed E-state index contributed by atoms with van der Waals surface area (Å²) in [5.41, 5.74) is 1.40. The standard InChI is InChI=1S/C21H20ClN3O4/c22-19-7-5-15(13-23-19)6-8-20(26)25-14-18(21(27)24-9-11-28-12-10-24)29-17-4-2-1-3-16(17)25/h1-8,13,18H,9-12,14H2/b8-6+. The number of nitrogens with zero attached hydrogens (tertiary/aromatic N) is 3. The molecule has 4 rings (SSSR count). The van der Waals surface area contributed by atoms with E-state index in [1.807, 2.05) is 12.1 Å². The number of rotatable bonds is 3. The highest BCUT2D eigenvalue weighted by Gasteiger charge is 2.35. The fourth-order valence-electron chi connectivity index (χ4n) is 3.30. The van der Waals surface area contributed by atoms with E-state index in [1.165, 1.54) is 6.08 Å². The van der Waals surface area contributed by atoms with Gasteiger partial charge in [0.15, 0.2) is 6.10 Å². The van der Waals surface area contributed by atoms with Crippen molar-refractivity contribution in [2.75, 3.05) is 37.7 Å². The van der Waals surface area contributed by atoms with Gasteiger partial charge in [-0.25, -0.2) is 4.98 Å². The van der Waals surface area contributed by atoms with Crippen molar-refractivity contribution in [3.05, 3.63) is 59.4 Å². The first-order valence-corrected chi connectivity index (χ1v) is 9.73. The maximum Gasteiger partial charge on any atom is 0.265 e. The summed E-state index contributed by atoms with van der Waals surface area (Å²) >= 11 is 5.79. The summed E-state index contributed by atoms with van der Waals surface area (Å²) in [7, 11) is 0. The van der Waals surface area contributed by atoms with E-state index in [4.69, 9.17) is 21.1 Å². The third-order valence-corrected chi connectivity index (χ3v) is 5.03. The number of ether oxygens (including phenoxy) is 2. The van der Waals surface area contributed by atoms with Gasteiger partial charge in [0.25, 0.3) is 11.8 Å². The van der Waals surface area contributed by atoms with Crippen molar-refractivity contribution in [1.29, 1.82) is 0 Å². The number of amides is 2. The smallest absolute Gasteiger partial charge is 0.265 e. The predicted octanol–water partition coefficient (Wildman–Crippen LogP) is 2.40. The third-order valence-electron chi connectivity index (χ3n) is 4.81. The zero-order chi connectivity index (χ0) is 20.2. The minimum Gasteiger partial charge on any atom is -0.476 e. The van der Waals surface area contributed by atoms with E-state index < -0.39 is 6.10 Å². The van der Waals surface area contributed by atoms with Gasteiger partial charge in [0.05, 0.1) is 25.4 Å². The molecule has 1 aromatic heterocycles. The van der Waals surface area contributed by atoms with Gasteiger partial charge >= 0.3 is 0 Å². The largest absolute Gasteiger partial charge is 0.476 e. The maximum atomic E-state index is 12.9. The second kappa shape index (κ2) is 8.63. The van der Waals surface area contributed by atoms with Crippen LogP contribution in [-0.2, 0) is 14.3 Å². The van der Waals surface area contributed by atoms with E-state index >= 15 is 0 Å². The first kappa shape index (κ1) is 19.4. The van der Waals surface area contributed by atoms with Gasteiger partial charge < -0.3 is 19.3 Å². The van der Waals surface area contributed by atoms with Crippen molar-refractivity contribution in [2.45, 2.75) is 6.10 Å². The van der Waals surface area contributed by atoms with E-state index in [9.17, 15) is 9.59 Å². The van der Waals surface area contributed by atoms with Crippen LogP contribution in [0.25, 0.3) is 6.08 Å². The first-order chi connectivity index (χ1) is 14.1. The molecule has 0 radical (unpaired) electrons. The second-order valence-electron chi connectivity index (χ2n) is 6.71. The summed E-state index contributed by atoms with van der Waals surface area (Å²) in [5.74, 6) is 0.141. The SMILES string of the molecule is O=C(C1CN(C(=O)/C=C/c2ccc(Cl)nc2)c2ccccc2O1)N1CCOCC1. The molecule has 1 atom stereocenters. The zero-order valence-electron chi connectivity index (χ0n) is 15.7. The molecule has 2 aliphatic rings. The number of fused-ring (bicyclic) bond motifs is 1. The number of hydrogen-bond donors (Lipinski definition) is 0. The van der Waals surface area contributed by atoms with Crippen molar-refractivity contribution in [3.8, 4) is 5.75 Å². The van der Waals surface area contributed by atoms with Gasteiger partial charge in [-0.05, 0) is 29.8 Å². The molecule has 29 heavy (non-hydrogen) atoms. The van der Waals surface area contributed by atoms with Crippen molar-refractivity contribution in [3.63, 3.8) is 0 Å². The molecule has 0 spiro atoms. The molecule has 2 aliphatic heterocycles. The highest BCUT2D eigenvalue weighted by Crippen LogP contribution is 2.33. The molecule has 2 amide bonds. The Labute approximate surface area is 173 Å². The molecule has 0 bridgehead atoms. The van der Waals surface area contributed by atoms with Crippen LogP contribution >= 0.6 is 11.6 Å². The van der Waals surface area contributed by atoms with Crippen LogP contribution in [0.2, 0.25) is 5.15 Å². The summed E-state index contributed by atoms with van der Waals surface area (Å²) in [6, 6.07) is 10.7. The van der Waals surface area contributed by atoms with E-state index in [1.54, 1.807) is 46.3 Å². The molecule has 1 fully saturated rings. The number of halogens is 1. The maximum absolute atomic E-state index is 12.9. The predicted molar refractivity (Wildman–Crippen MR) is 109 cm³/mol. The summed E-state index contributed by atoms with van der Waals surface area (Å²) < 4.78 is 11.2. The molecule has 2 aromatic rings. The topological polar surface area (TPSA) is 72.0 Å². The van der Waals surface area contributed by atoms with Gasteiger partial charge in [-0.2, -0.15) is 0 Å². The normalized spacial score (nSPS) is 19.0. The van der Waals surface area contributed by atoms with Crippen molar-refractivity contribution < 1.29 is 19.1 Å². The average Bonchev–Trinajstić information content (AvgIpc) is 2.78. The molecule has 150 valence electrons. The van der Waals surface area contributed by atoms with Crippen LogP contribution in [0.5, 0.6) is 5.75 Å². The molecule has 7 nitrogen and oxygen atoms in total. The van der Waals surface area contributed by atoms with Gasteiger partial charge in [0.2, 0.25) is 0 Å². The molecule has 0 aliphatic carbocycles. The fraction of sp³-hybridized carbons (Fsp3) is 0.286. The third kappa shape index (κ3) is 4.41. The fourth-order valence-corrected chi connectivity index (χ4v) is 3.41. The van der Waals surface area contributed by atoms with Crippen LogP contribution in [0, 0.1) is 0 Å². The number of morpholine rings is 1. The summed E-state index contributed by atoms with van der Waals surface area (Å²) in [4.78, 5) is 33.1. The highest BCUT2D eigenvalue weighted by atomic mass is 35.5. The number of pyridine rings is 1. The highest BCUT2D eigenvalue weighted by molar-refractivity contribution is 6.29.